The maximum Gasteiger partial charge on any atom is 0.408 e. The summed E-state index contributed by atoms with van der Waals surface area (Å²) in [5.41, 5.74) is -0.451. The molecule has 1 aromatic heterocycles. The lowest BCUT2D eigenvalue weighted by atomic mass is 9.86. The third-order valence-electron chi connectivity index (χ3n) is 5.63. The first kappa shape index (κ1) is 29.2. The van der Waals surface area contributed by atoms with E-state index >= 15 is 0 Å². The van der Waals surface area contributed by atoms with Gasteiger partial charge in [0.15, 0.2) is 5.69 Å². The Kier molecular flexibility index (Phi) is 12.6. The van der Waals surface area contributed by atoms with Gasteiger partial charge >= 0.3 is 5.13 Å². The number of carboxylic acids is 1. The fourth-order valence-electron chi connectivity index (χ4n) is 3.72. The molecule has 0 saturated carbocycles. The molecule has 0 amide bonds. The van der Waals surface area contributed by atoms with Crippen LogP contribution in [0.25, 0.3) is 0 Å². The maximum atomic E-state index is 11.4. The predicted molar refractivity (Wildman–Crippen MR) is 128 cm³/mol. The number of aromatic nitrogens is 1. The second-order valence-corrected chi connectivity index (χ2v) is 9.22. The summed E-state index contributed by atoms with van der Waals surface area (Å²) in [4.78, 5) is 14.2. The standard InChI is InChI=1S/C23H36N4O7S/c1-18-20(21(30)31)26(3)22(35-18)25-24-19-6-4-5-7-23(19,2)27(8-12-32-14-10-28)9-13-33-16-17-34-15-11-29/h4-7,19,28-29H,8-17H2,1-3H3. The van der Waals surface area contributed by atoms with E-state index in [1.165, 1.54) is 15.9 Å². The SMILES string of the molecule is Cc1sc(N=NC2C=CC=CC2(C)N(CCOCCO)CCOCCOCCO)[n+](C)c1C(=O)[O-]. The first-order chi connectivity index (χ1) is 16.8. The van der Waals surface area contributed by atoms with Crippen molar-refractivity contribution in [1.82, 2.24) is 4.90 Å². The van der Waals surface area contributed by atoms with Crippen LogP contribution in [-0.4, -0.2) is 98.6 Å². The molecular weight excluding hydrogens is 476 g/mol. The zero-order valence-corrected chi connectivity index (χ0v) is 21.4. The van der Waals surface area contributed by atoms with Crippen molar-refractivity contribution in [3.05, 3.63) is 34.9 Å². The van der Waals surface area contributed by atoms with Crippen molar-refractivity contribution in [3.63, 3.8) is 0 Å². The molecule has 2 atom stereocenters. The molecule has 1 aromatic rings. The van der Waals surface area contributed by atoms with Gasteiger partial charge in [-0.3, -0.25) is 4.90 Å². The number of thiazole rings is 1. The van der Waals surface area contributed by atoms with Gasteiger partial charge in [-0.25, -0.2) is 4.57 Å². The highest BCUT2D eigenvalue weighted by atomic mass is 32.1. The number of hydrogen-bond acceptors (Lipinski definition) is 11. The van der Waals surface area contributed by atoms with Gasteiger partial charge in [-0.1, -0.05) is 29.4 Å². The van der Waals surface area contributed by atoms with E-state index in [4.69, 9.17) is 24.4 Å². The lowest BCUT2D eigenvalue weighted by molar-refractivity contribution is -0.659. The molecule has 0 radical (unpaired) electrons. The Morgan fingerprint density at radius 1 is 1.11 bits per heavy atom. The highest BCUT2D eigenvalue weighted by molar-refractivity contribution is 7.15. The molecule has 0 aliphatic heterocycles. The molecule has 35 heavy (non-hydrogen) atoms. The van der Waals surface area contributed by atoms with Gasteiger partial charge in [0.1, 0.15) is 12.0 Å². The first-order valence-electron chi connectivity index (χ1n) is 11.5. The predicted octanol–water partition coefficient (Wildman–Crippen LogP) is -0.0821. The van der Waals surface area contributed by atoms with E-state index in [-0.39, 0.29) is 38.2 Å². The van der Waals surface area contributed by atoms with Gasteiger partial charge in [0, 0.05) is 13.1 Å². The number of nitrogens with zero attached hydrogens (tertiary/aromatic N) is 4. The van der Waals surface area contributed by atoms with Crippen molar-refractivity contribution >= 4 is 22.4 Å². The molecule has 0 spiro atoms. The molecule has 0 aromatic carbocycles. The van der Waals surface area contributed by atoms with Gasteiger partial charge in [0.2, 0.25) is 0 Å². The van der Waals surface area contributed by atoms with Crippen LogP contribution in [0.4, 0.5) is 5.13 Å². The third-order valence-corrected chi connectivity index (χ3v) is 6.67. The van der Waals surface area contributed by atoms with Crippen LogP contribution in [0.3, 0.4) is 0 Å². The van der Waals surface area contributed by atoms with E-state index in [0.717, 1.165) is 0 Å². The largest absolute Gasteiger partial charge is 0.541 e. The smallest absolute Gasteiger partial charge is 0.408 e. The third kappa shape index (κ3) is 8.53. The van der Waals surface area contributed by atoms with Crippen molar-refractivity contribution in [2.45, 2.75) is 25.4 Å². The summed E-state index contributed by atoms with van der Waals surface area (Å²) < 4.78 is 17.9. The number of aryl methyl sites for hydroxylation is 1. The van der Waals surface area contributed by atoms with Crippen molar-refractivity contribution in [3.8, 4) is 0 Å². The summed E-state index contributed by atoms with van der Waals surface area (Å²) >= 11 is 1.25. The normalized spacial score (nSPS) is 19.9. The maximum absolute atomic E-state index is 11.4. The molecule has 0 fully saturated rings. The number of carboxylic acid groups (broad SMARTS) is 1. The van der Waals surface area contributed by atoms with Crippen molar-refractivity contribution in [2.24, 2.45) is 17.3 Å². The molecule has 0 bridgehead atoms. The average molecular weight is 513 g/mol. The van der Waals surface area contributed by atoms with E-state index in [2.05, 4.69) is 28.1 Å². The lowest BCUT2D eigenvalue weighted by Crippen LogP contribution is -2.54. The minimum absolute atomic E-state index is 0.0205. The number of azo groups is 1. The molecule has 2 N–H and O–H groups in total. The molecule has 2 rings (SSSR count). The van der Waals surface area contributed by atoms with Gasteiger partial charge < -0.3 is 34.3 Å². The van der Waals surface area contributed by atoms with Crippen LogP contribution in [-0.2, 0) is 21.3 Å². The number of carbonyl (C=O) groups excluding carboxylic acids is 1. The summed E-state index contributed by atoms with van der Waals surface area (Å²) in [6.45, 7) is 7.11. The second kappa shape index (κ2) is 15.1. The van der Waals surface area contributed by atoms with E-state index in [1.807, 2.05) is 18.2 Å². The molecule has 1 aliphatic rings. The van der Waals surface area contributed by atoms with Gasteiger partial charge in [-0.15, -0.1) is 0 Å². The summed E-state index contributed by atoms with van der Waals surface area (Å²) in [6, 6.07) is -0.341. The Bertz CT molecular complexity index is 889. The molecular formula is C23H36N4O7S. The summed E-state index contributed by atoms with van der Waals surface area (Å²) in [6.07, 6.45) is 7.88. The first-order valence-corrected chi connectivity index (χ1v) is 12.3. The number of aromatic carboxylic acids is 1. The number of aliphatic hydroxyl groups excluding tert-OH is 2. The number of ether oxygens (including phenoxy) is 3. The Balaban J connectivity index is 2.14. The van der Waals surface area contributed by atoms with E-state index < -0.39 is 11.5 Å². The minimum atomic E-state index is -1.25. The van der Waals surface area contributed by atoms with Crippen LogP contribution in [0.5, 0.6) is 0 Å². The van der Waals surface area contributed by atoms with Crippen LogP contribution in [0.15, 0.2) is 34.5 Å². The monoisotopic (exact) mass is 512 g/mol. The van der Waals surface area contributed by atoms with Crippen molar-refractivity contribution in [2.75, 3.05) is 65.9 Å². The Hall–Kier alpha value is -2.06. The van der Waals surface area contributed by atoms with Gasteiger partial charge in [0.05, 0.1) is 75.4 Å². The number of allylic oxidation sites excluding steroid dienone is 2. The zero-order valence-electron chi connectivity index (χ0n) is 20.6. The zero-order chi connectivity index (χ0) is 25.7. The molecule has 12 heteroatoms. The Morgan fingerprint density at radius 2 is 1.71 bits per heavy atom. The Labute approximate surface area is 210 Å². The van der Waals surface area contributed by atoms with Crippen LogP contribution < -0.4 is 9.67 Å². The summed E-state index contributed by atoms with van der Waals surface area (Å²) in [7, 11) is 1.63. The van der Waals surface area contributed by atoms with Crippen LogP contribution in [0, 0.1) is 6.92 Å². The highest BCUT2D eigenvalue weighted by Gasteiger charge is 2.39. The Morgan fingerprint density at radius 3 is 2.29 bits per heavy atom. The average Bonchev–Trinajstić information content (AvgIpc) is 3.12. The number of hydrogen-bond donors (Lipinski definition) is 2. The molecule has 0 saturated heterocycles. The minimum Gasteiger partial charge on any atom is -0.541 e. The molecule has 2 unspecified atom stereocenters. The topological polar surface area (TPSA) is 140 Å². The van der Waals surface area contributed by atoms with Crippen LogP contribution in [0.2, 0.25) is 0 Å². The highest BCUT2D eigenvalue weighted by Crippen LogP contribution is 2.30. The van der Waals surface area contributed by atoms with Crippen molar-refractivity contribution < 1.29 is 38.9 Å². The number of aliphatic hydroxyl groups is 2. The molecule has 1 aliphatic carbocycles. The molecule has 196 valence electrons. The quantitative estimate of drug-likeness (QED) is 0.168. The summed E-state index contributed by atoms with van der Waals surface area (Å²) in [5, 5.41) is 38.6. The van der Waals surface area contributed by atoms with Gasteiger partial charge in [0.25, 0.3) is 0 Å². The fraction of sp³-hybridized carbons (Fsp3) is 0.652. The van der Waals surface area contributed by atoms with Crippen LogP contribution >= 0.6 is 11.3 Å². The van der Waals surface area contributed by atoms with E-state index in [0.29, 0.717) is 49.5 Å². The lowest BCUT2D eigenvalue weighted by Gasteiger charge is -2.42. The van der Waals surface area contributed by atoms with E-state index in [9.17, 15) is 9.90 Å². The summed E-state index contributed by atoms with van der Waals surface area (Å²) in [5.74, 6) is -1.25. The van der Waals surface area contributed by atoms with Gasteiger partial charge in [-0.05, 0) is 25.2 Å². The number of carbonyl (C=O) groups is 1. The molecule has 1 heterocycles. The number of rotatable bonds is 17. The van der Waals surface area contributed by atoms with Gasteiger partial charge in [-0.2, -0.15) is 0 Å². The van der Waals surface area contributed by atoms with Crippen molar-refractivity contribution in [1.29, 1.82) is 0 Å². The second-order valence-electron chi connectivity index (χ2n) is 8.04. The molecule has 11 nitrogen and oxygen atoms in total. The van der Waals surface area contributed by atoms with E-state index in [1.54, 1.807) is 14.0 Å². The van der Waals surface area contributed by atoms with Crippen LogP contribution in [0.1, 0.15) is 22.3 Å². The fourth-order valence-corrected chi connectivity index (χ4v) is 4.63.